The first-order chi connectivity index (χ1) is 10.6. The van der Waals surface area contributed by atoms with Crippen LogP contribution in [0.1, 0.15) is 111 Å². The van der Waals surface area contributed by atoms with Crippen LogP contribution in [-0.4, -0.2) is 22.2 Å². The highest BCUT2D eigenvalue weighted by molar-refractivity contribution is 8.00. The Morgan fingerprint density at radius 1 is 0.545 bits per heavy atom. The molecule has 0 aliphatic heterocycles. The number of thioether (sulfide) groups is 1. The average molecular weight is 331 g/mol. The van der Waals surface area contributed by atoms with E-state index in [-0.39, 0.29) is 0 Å². The van der Waals surface area contributed by atoms with Gasteiger partial charge in [0.2, 0.25) is 0 Å². The molecule has 0 aliphatic carbocycles. The second-order valence-corrected chi connectivity index (χ2v) is 9.56. The monoisotopic (exact) mass is 330 g/mol. The molecule has 0 aliphatic rings. The van der Waals surface area contributed by atoms with Gasteiger partial charge in [0, 0.05) is 11.4 Å². The zero-order valence-electron chi connectivity index (χ0n) is 15.7. The number of hydrogen-bond donors (Lipinski definition) is 1. The van der Waals surface area contributed by atoms with Gasteiger partial charge in [-0.3, -0.25) is 0 Å². The maximum Gasteiger partial charge on any atom is 0.0431 e. The molecule has 0 fully saturated rings. The summed E-state index contributed by atoms with van der Waals surface area (Å²) in [5.41, 5.74) is 0. The molecule has 1 nitrogen and oxygen atoms in total. The molecular weight excluding hydrogens is 288 g/mol. The molecule has 0 radical (unpaired) electrons. The van der Waals surface area contributed by atoms with E-state index in [1.54, 1.807) is 0 Å². The molecule has 0 spiro atoms. The Balaban J connectivity index is 3.00. The first kappa shape index (κ1) is 22.3. The standard InChI is InChI=1S/C20H42OS/c1-20(2,3)22-19-17-15-13-11-9-7-5-4-6-8-10-12-14-16-18-21/h21H,4-19H2,1-3H3. The van der Waals surface area contributed by atoms with E-state index in [4.69, 9.17) is 5.11 Å². The van der Waals surface area contributed by atoms with Gasteiger partial charge in [-0.2, -0.15) is 11.8 Å². The molecule has 0 unspecified atom stereocenters. The van der Waals surface area contributed by atoms with E-state index < -0.39 is 0 Å². The lowest BCUT2D eigenvalue weighted by Gasteiger charge is -2.17. The fourth-order valence-corrected chi connectivity index (χ4v) is 3.67. The second kappa shape index (κ2) is 16.2. The SMILES string of the molecule is CC(C)(C)SCCCCCCCCCCCCCCCCO. The molecule has 2 heteroatoms. The van der Waals surface area contributed by atoms with Crippen LogP contribution in [0.2, 0.25) is 0 Å². The smallest absolute Gasteiger partial charge is 0.0431 e. The summed E-state index contributed by atoms with van der Waals surface area (Å²) in [6.45, 7) is 7.31. The van der Waals surface area contributed by atoms with Gasteiger partial charge in [-0.25, -0.2) is 0 Å². The molecule has 0 aromatic rings. The molecular formula is C20H42OS. The van der Waals surface area contributed by atoms with E-state index in [0.717, 1.165) is 6.42 Å². The van der Waals surface area contributed by atoms with E-state index in [9.17, 15) is 0 Å². The number of rotatable bonds is 16. The van der Waals surface area contributed by atoms with Crippen LogP contribution in [0.25, 0.3) is 0 Å². The van der Waals surface area contributed by atoms with Crippen LogP contribution < -0.4 is 0 Å². The lowest BCUT2D eigenvalue weighted by atomic mass is 10.0. The highest BCUT2D eigenvalue weighted by Crippen LogP contribution is 2.24. The van der Waals surface area contributed by atoms with Crippen LogP contribution >= 0.6 is 11.8 Å². The van der Waals surface area contributed by atoms with Gasteiger partial charge < -0.3 is 5.11 Å². The highest BCUT2D eigenvalue weighted by atomic mass is 32.2. The predicted molar refractivity (Wildman–Crippen MR) is 104 cm³/mol. The molecule has 0 amide bonds. The summed E-state index contributed by atoms with van der Waals surface area (Å²) in [4.78, 5) is 0. The number of aliphatic hydroxyl groups is 1. The number of unbranched alkanes of at least 4 members (excludes halogenated alkanes) is 13. The third-order valence-electron chi connectivity index (χ3n) is 4.09. The second-order valence-electron chi connectivity index (χ2n) is 7.63. The van der Waals surface area contributed by atoms with Crippen molar-refractivity contribution in [2.75, 3.05) is 12.4 Å². The Bertz CT molecular complexity index is 210. The van der Waals surface area contributed by atoms with Crippen molar-refractivity contribution in [3.63, 3.8) is 0 Å². The summed E-state index contributed by atoms with van der Waals surface area (Å²) in [5, 5.41) is 8.70. The normalized spacial score (nSPS) is 12.0. The quantitative estimate of drug-likeness (QED) is 0.308. The van der Waals surface area contributed by atoms with Gasteiger partial charge >= 0.3 is 0 Å². The minimum Gasteiger partial charge on any atom is -0.396 e. The van der Waals surface area contributed by atoms with Gasteiger partial charge in [0.05, 0.1) is 0 Å². The van der Waals surface area contributed by atoms with Crippen LogP contribution in [0.5, 0.6) is 0 Å². The first-order valence-corrected chi connectivity index (χ1v) is 10.8. The van der Waals surface area contributed by atoms with E-state index in [0.29, 0.717) is 11.4 Å². The molecule has 0 aromatic carbocycles. The third-order valence-corrected chi connectivity index (χ3v) is 5.45. The van der Waals surface area contributed by atoms with Gasteiger partial charge in [0.15, 0.2) is 0 Å². The Morgan fingerprint density at radius 3 is 1.18 bits per heavy atom. The maximum absolute atomic E-state index is 8.70. The van der Waals surface area contributed by atoms with Crippen LogP contribution in [0.15, 0.2) is 0 Å². The Kier molecular flexibility index (Phi) is 16.4. The fourth-order valence-electron chi connectivity index (χ4n) is 2.71. The summed E-state index contributed by atoms with van der Waals surface area (Å²) in [6.07, 6.45) is 19.2. The largest absolute Gasteiger partial charge is 0.396 e. The van der Waals surface area contributed by atoms with Crippen molar-refractivity contribution in [1.82, 2.24) is 0 Å². The van der Waals surface area contributed by atoms with Crippen molar-refractivity contribution >= 4 is 11.8 Å². The van der Waals surface area contributed by atoms with Gasteiger partial charge in [0.25, 0.3) is 0 Å². The lowest BCUT2D eigenvalue weighted by Crippen LogP contribution is -2.08. The van der Waals surface area contributed by atoms with Crippen molar-refractivity contribution in [2.24, 2.45) is 0 Å². The molecule has 22 heavy (non-hydrogen) atoms. The summed E-state index contributed by atoms with van der Waals surface area (Å²) < 4.78 is 0.443. The van der Waals surface area contributed by atoms with E-state index >= 15 is 0 Å². The molecule has 134 valence electrons. The van der Waals surface area contributed by atoms with Crippen LogP contribution in [-0.2, 0) is 0 Å². The average Bonchev–Trinajstić information content (AvgIpc) is 2.45. The van der Waals surface area contributed by atoms with Gasteiger partial charge in [-0.1, -0.05) is 97.8 Å². The Morgan fingerprint density at radius 2 is 0.864 bits per heavy atom. The summed E-state index contributed by atoms with van der Waals surface area (Å²) in [5.74, 6) is 1.34. The van der Waals surface area contributed by atoms with Crippen LogP contribution in [0.4, 0.5) is 0 Å². The van der Waals surface area contributed by atoms with E-state index in [1.165, 1.54) is 89.2 Å². The van der Waals surface area contributed by atoms with Gasteiger partial charge in [-0.15, -0.1) is 0 Å². The number of hydrogen-bond acceptors (Lipinski definition) is 2. The fraction of sp³-hybridized carbons (Fsp3) is 1.00. The van der Waals surface area contributed by atoms with E-state index in [1.807, 2.05) is 0 Å². The summed E-state index contributed by atoms with van der Waals surface area (Å²) in [7, 11) is 0. The lowest BCUT2D eigenvalue weighted by molar-refractivity contribution is 0.282. The zero-order valence-corrected chi connectivity index (χ0v) is 16.5. The molecule has 1 N–H and O–H groups in total. The van der Waals surface area contributed by atoms with Crippen molar-refractivity contribution in [3.05, 3.63) is 0 Å². The van der Waals surface area contributed by atoms with Gasteiger partial charge in [-0.05, 0) is 18.6 Å². The van der Waals surface area contributed by atoms with Crippen LogP contribution in [0.3, 0.4) is 0 Å². The molecule has 0 bridgehead atoms. The number of aliphatic hydroxyl groups excluding tert-OH is 1. The van der Waals surface area contributed by atoms with Crippen molar-refractivity contribution < 1.29 is 5.11 Å². The minimum atomic E-state index is 0.370. The van der Waals surface area contributed by atoms with Crippen LogP contribution in [0, 0.1) is 0 Å². The third kappa shape index (κ3) is 20.3. The zero-order chi connectivity index (χ0) is 16.5. The van der Waals surface area contributed by atoms with Crippen molar-refractivity contribution in [2.45, 2.75) is 115 Å². The van der Waals surface area contributed by atoms with E-state index in [2.05, 4.69) is 32.5 Å². The van der Waals surface area contributed by atoms with Crippen molar-refractivity contribution in [3.8, 4) is 0 Å². The highest BCUT2D eigenvalue weighted by Gasteiger charge is 2.08. The molecule has 0 saturated carbocycles. The Hall–Kier alpha value is 0.310. The minimum absolute atomic E-state index is 0.370. The maximum atomic E-state index is 8.70. The topological polar surface area (TPSA) is 20.2 Å². The van der Waals surface area contributed by atoms with Gasteiger partial charge in [0.1, 0.15) is 0 Å². The molecule has 0 atom stereocenters. The Labute approximate surface area is 145 Å². The predicted octanol–water partition coefficient (Wildman–Crippen LogP) is 6.97. The molecule has 0 saturated heterocycles. The van der Waals surface area contributed by atoms with Crippen molar-refractivity contribution in [1.29, 1.82) is 0 Å². The molecule has 0 aromatic heterocycles. The first-order valence-electron chi connectivity index (χ1n) is 9.81. The molecule has 0 heterocycles. The summed E-state index contributed by atoms with van der Waals surface area (Å²) >= 11 is 2.11. The molecule has 0 rings (SSSR count). The summed E-state index contributed by atoms with van der Waals surface area (Å²) in [6, 6.07) is 0.